The summed E-state index contributed by atoms with van der Waals surface area (Å²) >= 11 is 0. The Labute approximate surface area is 155 Å². The molecule has 0 aliphatic carbocycles. The van der Waals surface area contributed by atoms with Crippen LogP contribution >= 0.6 is 0 Å². The second kappa shape index (κ2) is 19.2. The molecule has 3 heteroatoms. The van der Waals surface area contributed by atoms with Gasteiger partial charge in [0.2, 0.25) is 6.29 Å². The van der Waals surface area contributed by atoms with Crippen molar-refractivity contribution < 1.29 is 14.6 Å². The van der Waals surface area contributed by atoms with Crippen LogP contribution in [0.3, 0.4) is 0 Å². The number of unbranched alkanes of at least 4 members (excludes halogenated alkanes) is 8. The first-order chi connectivity index (χ1) is 12.2. The van der Waals surface area contributed by atoms with E-state index in [-0.39, 0.29) is 5.97 Å². The molecular weight excluding hydrogens is 312 g/mol. The number of allylic oxidation sites excluding steroid dienone is 4. The molecular formula is C22H40O3. The van der Waals surface area contributed by atoms with E-state index < -0.39 is 6.29 Å². The summed E-state index contributed by atoms with van der Waals surface area (Å²) in [7, 11) is 0. The summed E-state index contributed by atoms with van der Waals surface area (Å²) in [6, 6.07) is 0. The number of esters is 1. The third kappa shape index (κ3) is 19.1. The highest BCUT2D eigenvalue weighted by Gasteiger charge is 2.09. The van der Waals surface area contributed by atoms with Gasteiger partial charge in [0.1, 0.15) is 0 Å². The lowest BCUT2D eigenvalue weighted by molar-refractivity contribution is -0.168. The second-order valence-corrected chi connectivity index (χ2v) is 6.71. The molecule has 1 unspecified atom stereocenters. The number of aliphatic hydroxyl groups excluding tert-OH is 1. The predicted molar refractivity (Wildman–Crippen MR) is 106 cm³/mol. The summed E-state index contributed by atoms with van der Waals surface area (Å²) in [5, 5.41) is 9.39. The maximum atomic E-state index is 11.5. The molecule has 0 bridgehead atoms. The van der Waals surface area contributed by atoms with E-state index in [2.05, 4.69) is 31.2 Å². The Morgan fingerprint density at radius 2 is 1.44 bits per heavy atom. The highest BCUT2D eigenvalue weighted by Crippen LogP contribution is 2.09. The molecule has 0 aromatic rings. The Morgan fingerprint density at radius 1 is 0.840 bits per heavy atom. The van der Waals surface area contributed by atoms with Crippen molar-refractivity contribution in [3.05, 3.63) is 24.3 Å². The van der Waals surface area contributed by atoms with Crippen molar-refractivity contribution in [1.29, 1.82) is 0 Å². The zero-order chi connectivity index (χ0) is 18.6. The second-order valence-electron chi connectivity index (χ2n) is 6.71. The zero-order valence-corrected chi connectivity index (χ0v) is 16.5. The van der Waals surface area contributed by atoms with Gasteiger partial charge in [0, 0.05) is 12.8 Å². The zero-order valence-electron chi connectivity index (χ0n) is 16.5. The summed E-state index contributed by atoms with van der Waals surface area (Å²) in [6.45, 7) is 4.19. The van der Waals surface area contributed by atoms with Crippen molar-refractivity contribution in [2.45, 2.75) is 110 Å². The molecule has 0 rings (SSSR count). The predicted octanol–water partition coefficient (Wildman–Crippen LogP) is 6.46. The summed E-state index contributed by atoms with van der Waals surface area (Å²) in [6.07, 6.45) is 22.8. The van der Waals surface area contributed by atoms with Gasteiger partial charge in [0.25, 0.3) is 0 Å². The van der Waals surface area contributed by atoms with Crippen LogP contribution in [0.15, 0.2) is 24.3 Å². The normalized spacial score (nSPS) is 12.9. The molecule has 1 atom stereocenters. The quantitative estimate of drug-likeness (QED) is 0.141. The minimum Gasteiger partial charge on any atom is -0.436 e. The monoisotopic (exact) mass is 352 g/mol. The van der Waals surface area contributed by atoms with Crippen LogP contribution in [-0.4, -0.2) is 17.4 Å². The van der Waals surface area contributed by atoms with Crippen LogP contribution in [0.2, 0.25) is 0 Å². The fourth-order valence-corrected chi connectivity index (χ4v) is 2.60. The van der Waals surface area contributed by atoms with Gasteiger partial charge < -0.3 is 9.84 Å². The van der Waals surface area contributed by atoms with Crippen LogP contribution < -0.4 is 0 Å². The smallest absolute Gasteiger partial charge is 0.308 e. The number of rotatable bonds is 17. The van der Waals surface area contributed by atoms with E-state index in [1.807, 2.05) is 6.92 Å². The van der Waals surface area contributed by atoms with Crippen molar-refractivity contribution in [1.82, 2.24) is 0 Å². The Balaban J connectivity index is 3.33. The van der Waals surface area contributed by atoms with Crippen LogP contribution in [-0.2, 0) is 9.53 Å². The Kier molecular flexibility index (Phi) is 18.4. The third-order valence-corrected chi connectivity index (χ3v) is 4.13. The van der Waals surface area contributed by atoms with Crippen molar-refractivity contribution >= 4 is 5.97 Å². The maximum Gasteiger partial charge on any atom is 0.308 e. The molecule has 0 amide bonds. The number of aliphatic hydroxyl groups is 1. The fraction of sp³-hybridized carbons (Fsp3) is 0.773. The first kappa shape index (κ1) is 23.9. The summed E-state index contributed by atoms with van der Waals surface area (Å²) in [4.78, 5) is 11.5. The molecule has 3 nitrogen and oxygen atoms in total. The molecule has 0 saturated heterocycles. The van der Waals surface area contributed by atoms with E-state index in [0.717, 1.165) is 38.5 Å². The van der Waals surface area contributed by atoms with Crippen molar-refractivity contribution in [3.63, 3.8) is 0 Å². The van der Waals surface area contributed by atoms with E-state index >= 15 is 0 Å². The molecule has 25 heavy (non-hydrogen) atoms. The van der Waals surface area contributed by atoms with Gasteiger partial charge in [-0.1, -0.05) is 76.7 Å². The molecule has 146 valence electrons. The van der Waals surface area contributed by atoms with Crippen LogP contribution in [0, 0.1) is 0 Å². The molecule has 0 fully saturated rings. The summed E-state index contributed by atoms with van der Waals surface area (Å²) in [5.74, 6) is -0.272. The molecule has 1 N–H and O–H groups in total. The van der Waals surface area contributed by atoms with Crippen LogP contribution in [0.25, 0.3) is 0 Å². The third-order valence-electron chi connectivity index (χ3n) is 4.13. The van der Waals surface area contributed by atoms with Gasteiger partial charge in [-0.2, -0.15) is 0 Å². The number of hydrogen-bond donors (Lipinski definition) is 1. The first-order valence-corrected chi connectivity index (χ1v) is 10.4. The Bertz CT molecular complexity index is 347. The summed E-state index contributed by atoms with van der Waals surface area (Å²) < 4.78 is 4.91. The Hall–Kier alpha value is -1.09. The van der Waals surface area contributed by atoms with Crippen LogP contribution in [0.5, 0.6) is 0 Å². The van der Waals surface area contributed by atoms with E-state index in [9.17, 15) is 9.90 Å². The lowest BCUT2D eigenvalue weighted by Crippen LogP contribution is -2.16. The minimum atomic E-state index is -0.921. The molecule has 0 saturated carbocycles. The number of carbonyl (C=O) groups excluding carboxylic acids is 1. The lowest BCUT2D eigenvalue weighted by Gasteiger charge is -2.10. The number of ether oxygens (including phenoxy) is 1. The SMILES string of the molecule is CCCCC/C=C\C/C=C\CCCCCCCC(=O)OC(O)CCC. The topological polar surface area (TPSA) is 46.5 Å². The molecule has 0 heterocycles. The molecule has 0 aromatic carbocycles. The van der Waals surface area contributed by atoms with Crippen LogP contribution in [0.1, 0.15) is 104 Å². The average molecular weight is 353 g/mol. The largest absolute Gasteiger partial charge is 0.436 e. The van der Waals surface area contributed by atoms with E-state index in [1.54, 1.807) is 0 Å². The van der Waals surface area contributed by atoms with E-state index in [4.69, 9.17) is 4.74 Å². The lowest BCUT2D eigenvalue weighted by atomic mass is 10.1. The van der Waals surface area contributed by atoms with Gasteiger partial charge in [0.15, 0.2) is 0 Å². The molecule has 0 spiro atoms. The molecule has 0 aliphatic heterocycles. The van der Waals surface area contributed by atoms with Crippen molar-refractivity contribution in [2.75, 3.05) is 0 Å². The molecule has 0 aliphatic rings. The van der Waals surface area contributed by atoms with Gasteiger partial charge in [-0.05, 0) is 38.5 Å². The van der Waals surface area contributed by atoms with Crippen LogP contribution in [0.4, 0.5) is 0 Å². The highest BCUT2D eigenvalue weighted by atomic mass is 16.6. The first-order valence-electron chi connectivity index (χ1n) is 10.4. The number of hydrogen-bond acceptors (Lipinski definition) is 3. The minimum absolute atomic E-state index is 0.272. The Morgan fingerprint density at radius 3 is 2.08 bits per heavy atom. The average Bonchev–Trinajstić information content (AvgIpc) is 2.58. The van der Waals surface area contributed by atoms with Gasteiger partial charge in [0.05, 0.1) is 0 Å². The standard InChI is InChI=1S/C22H40O3/c1-3-5-6-7-8-9-10-11-12-13-14-15-16-17-18-20-22(24)25-21(23)19-4-2/h8-9,11-12,21,23H,3-7,10,13-20H2,1-2H3/b9-8-,12-11-. The maximum absolute atomic E-state index is 11.5. The summed E-state index contributed by atoms with van der Waals surface area (Å²) in [5.41, 5.74) is 0. The van der Waals surface area contributed by atoms with Gasteiger partial charge in [-0.3, -0.25) is 4.79 Å². The van der Waals surface area contributed by atoms with Gasteiger partial charge in [-0.25, -0.2) is 0 Å². The molecule has 0 radical (unpaired) electrons. The van der Waals surface area contributed by atoms with Crippen molar-refractivity contribution in [3.8, 4) is 0 Å². The highest BCUT2D eigenvalue weighted by molar-refractivity contribution is 5.69. The van der Waals surface area contributed by atoms with Gasteiger partial charge in [-0.15, -0.1) is 0 Å². The fourth-order valence-electron chi connectivity index (χ4n) is 2.60. The number of carbonyl (C=O) groups is 1. The van der Waals surface area contributed by atoms with E-state index in [0.29, 0.717) is 12.8 Å². The van der Waals surface area contributed by atoms with Crippen molar-refractivity contribution in [2.24, 2.45) is 0 Å². The van der Waals surface area contributed by atoms with Gasteiger partial charge >= 0.3 is 5.97 Å². The van der Waals surface area contributed by atoms with E-state index in [1.165, 1.54) is 38.5 Å². The molecule has 0 aromatic heterocycles.